The van der Waals surface area contributed by atoms with Gasteiger partial charge in [0, 0.05) is 79.9 Å². The highest BCUT2D eigenvalue weighted by atomic mass is 35.5. The Labute approximate surface area is 385 Å². The SMILES string of the molecule is C[C@@H](C1CC1)N1Cc2cc(-c3cc(C(=O)O)no3)cc(Cl)c2C1=O.Cl.[2H]C1([2H])NC([2H])([2H])C([2H])([2H])OC1([2H])[2H].[2H]C1([2H])OC([2H])([2H])C([2H])([2H])N(C(=O)c2cc(-c3cc(Cl)c4c(c3)CN([C@@H](C)C3CC3)C4=O)on2)C1([2H])[2H]. The summed E-state index contributed by atoms with van der Waals surface area (Å²) in [5, 5.41) is 18.2. The monoisotopic (exact) mass is 900 g/mol. The fourth-order valence-corrected chi connectivity index (χ4v) is 7.69. The van der Waals surface area contributed by atoms with E-state index in [0.29, 0.717) is 63.5 Å². The molecule has 320 valence electrons. The molecule has 3 amide bonds. The summed E-state index contributed by atoms with van der Waals surface area (Å²) in [5.74, 6) is -1.45. The van der Waals surface area contributed by atoms with Gasteiger partial charge in [-0.3, -0.25) is 14.4 Å². The maximum Gasteiger partial charge on any atom is 0.358 e. The number of morpholine rings is 2. The van der Waals surface area contributed by atoms with Gasteiger partial charge in [-0.15, -0.1) is 12.4 Å². The molecular weight excluding hydrogens is 839 g/mol. The van der Waals surface area contributed by atoms with E-state index in [-0.39, 0.29) is 57.7 Å². The van der Waals surface area contributed by atoms with Crippen LogP contribution in [0.4, 0.5) is 0 Å². The standard InChI is InChI=1S/C21H22ClN3O4.C17H15ClN2O4.C4H9NO.ClH/c1-12(13-2-3-13)25-11-15-8-14(9-16(22)19(15)21(25)27)18-10-17(23-29-18)20(26)24-4-6-28-7-5-24;1-8(9-2-3-9)20-7-11-4-10(5-12(18)15(11)16(20)21)14-6-13(17(22)23)19-24-14;1-3-6-4-2-5-1;/h8-10,12-13H,2-7,11H2,1H3;4-6,8-9H,2-3,7H2,1H3,(H,22,23);5H,1-4H2;1H/t12-;8-;;/m00../s1/i4D2,5D2,6D2,7D2;;1D2,2D2,3D2,4D2;. The smallest absolute Gasteiger partial charge is 0.358 e. The number of fused-ring (bicyclic) bond motifs is 2. The Morgan fingerprint density at radius 3 is 1.63 bits per heavy atom. The molecule has 60 heavy (non-hydrogen) atoms. The van der Waals surface area contributed by atoms with Crippen LogP contribution in [-0.4, -0.2) is 118 Å². The number of nitrogens with one attached hydrogen (secondary N) is 1. The lowest BCUT2D eigenvalue weighted by molar-refractivity contribution is 0.0296. The second-order valence-electron chi connectivity index (χ2n) is 14.3. The van der Waals surface area contributed by atoms with Gasteiger partial charge in [0.1, 0.15) is 0 Å². The molecule has 0 spiro atoms. The fourth-order valence-electron chi connectivity index (χ4n) is 7.05. The molecule has 6 aliphatic rings. The molecule has 0 unspecified atom stereocenters. The van der Waals surface area contributed by atoms with Gasteiger partial charge in [0.2, 0.25) is 0 Å². The van der Waals surface area contributed by atoms with Gasteiger partial charge in [0.15, 0.2) is 22.9 Å². The van der Waals surface area contributed by atoms with Crippen LogP contribution in [0.1, 0.15) is 114 Å². The van der Waals surface area contributed by atoms with Crippen molar-refractivity contribution in [1.29, 1.82) is 0 Å². The highest BCUT2D eigenvalue weighted by Gasteiger charge is 2.41. The number of aromatic carboxylic acids is 1. The summed E-state index contributed by atoms with van der Waals surface area (Å²) < 4.78 is 139. The van der Waals surface area contributed by atoms with E-state index in [1.807, 2.05) is 17.9 Å². The van der Waals surface area contributed by atoms with Crippen LogP contribution in [0.3, 0.4) is 0 Å². The summed E-state index contributed by atoms with van der Waals surface area (Å²) >= 11 is 12.8. The molecule has 2 atom stereocenters. The molecule has 6 heterocycles. The zero-order valence-electron chi connectivity index (χ0n) is 47.6. The second-order valence-corrected chi connectivity index (χ2v) is 15.1. The first-order valence-corrected chi connectivity index (χ1v) is 19.1. The van der Waals surface area contributed by atoms with Crippen LogP contribution in [0.5, 0.6) is 0 Å². The van der Waals surface area contributed by atoms with E-state index in [4.69, 9.17) is 59.3 Å². The van der Waals surface area contributed by atoms with Crippen LogP contribution in [0.2, 0.25) is 10.0 Å². The summed E-state index contributed by atoms with van der Waals surface area (Å²) in [6.07, 6.45) is 4.46. The van der Waals surface area contributed by atoms with Gasteiger partial charge in [0.25, 0.3) is 17.7 Å². The van der Waals surface area contributed by atoms with Crippen molar-refractivity contribution >= 4 is 59.3 Å². The third-order valence-corrected chi connectivity index (χ3v) is 11.1. The summed E-state index contributed by atoms with van der Waals surface area (Å²) in [5.41, 5.74) is 2.64. The van der Waals surface area contributed by atoms with Gasteiger partial charge in [-0.25, -0.2) is 4.79 Å². The van der Waals surface area contributed by atoms with Crippen molar-refractivity contribution in [3.8, 4) is 22.6 Å². The number of aromatic nitrogens is 2. The van der Waals surface area contributed by atoms with Crippen molar-refractivity contribution in [3.05, 3.63) is 80.1 Å². The molecule has 15 nitrogen and oxygen atoms in total. The topological polar surface area (TPSA) is 181 Å². The summed E-state index contributed by atoms with van der Waals surface area (Å²) in [7, 11) is 0. The van der Waals surface area contributed by atoms with E-state index in [1.54, 1.807) is 22.3 Å². The van der Waals surface area contributed by atoms with Crippen molar-refractivity contribution in [2.45, 2.75) is 64.7 Å². The normalized spacial score (nSPS) is 30.0. The number of halogens is 3. The van der Waals surface area contributed by atoms with E-state index >= 15 is 0 Å². The van der Waals surface area contributed by atoms with Crippen LogP contribution in [0.25, 0.3) is 22.6 Å². The number of carbonyl (C=O) groups is 4. The second kappa shape index (κ2) is 18.6. The number of ether oxygens (including phenoxy) is 2. The molecule has 2 saturated heterocycles. The summed E-state index contributed by atoms with van der Waals surface area (Å²) in [4.78, 5) is 53.2. The average molecular weight is 902 g/mol. The first kappa shape index (κ1) is 27.4. The predicted octanol–water partition coefficient (Wildman–Crippen LogP) is 6.70. The Bertz CT molecular complexity index is 2920. The first-order chi connectivity index (χ1) is 34.4. The number of carboxylic acid groups (broad SMARTS) is 1. The number of carbonyl (C=O) groups excluding carboxylic acids is 3. The zero-order valence-corrected chi connectivity index (χ0v) is 34.0. The highest BCUT2D eigenvalue weighted by Crippen LogP contribution is 2.42. The lowest BCUT2D eigenvalue weighted by Gasteiger charge is -2.25. The fraction of sp³-hybridized carbons (Fsp3) is 0.476. The van der Waals surface area contributed by atoms with Gasteiger partial charge < -0.3 is 43.6 Å². The Hall–Kier alpha value is -4.51. The summed E-state index contributed by atoms with van der Waals surface area (Å²) in [6.45, 7) is -20.1. The van der Waals surface area contributed by atoms with Crippen LogP contribution < -0.4 is 5.32 Å². The molecule has 18 heteroatoms. The number of rotatable bonds is 8. The third kappa shape index (κ3) is 9.36. The molecule has 4 aliphatic heterocycles. The van der Waals surface area contributed by atoms with E-state index in [2.05, 4.69) is 26.7 Å². The molecule has 2 saturated carbocycles. The van der Waals surface area contributed by atoms with Crippen molar-refractivity contribution in [2.75, 3.05) is 52.2 Å². The Kier molecular flexibility index (Phi) is 8.52. The quantitative estimate of drug-likeness (QED) is 0.192. The number of carboxylic acids is 1. The van der Waals surface area contributed by atoms with E-state index in [1.165, 1.54) is 12.1 Å². The Morgan fingerprint density at radius 2 is 1.20 bits per heavy atom. The molecule has 2 aromatic carbocycles. The van der Waals surface area contributed by atoms with Gasteiger partial charge >= 0.3 is 5.97 Å². The summed E-state index contributed by atoms with van der Waals surface area (Å²) in [6, 6.07) is 9.28. The minimum Gasteiger partial charge on any atom is -0.476 e. The number of amides is 3. The van der Waals surface area contributed by atoms with Crippen molar-refractivity contribution in [1.82, 2.24) is 30.3 Å². The largest absolute Gasteiger partial charge is 0.476 e. The van der Waals surface area contributed by atoms with Crippen LogP contribution >= 0.6 is 35.6 Å². The van der Waals surface area contributed by atoms with Crippen molar-refractivity contribution in [3.63, 3.8) is 0 Å². The lowest BCUT2D eigenvalue weighted by Crippen LogP contribution is -2.40. The number of benzene rings is 2. The highest BCUT2D eigenvalue weighted by molar-refractivity contribution is 6.35. The number of hydrogen-bond acceptors (Lipinski definition) is 11. The van der Waals surface area contributed by atoms with E-state index < -0.39 is 69.8 Å². The average Bonchev–Trinajstić information content (AvgIpc) is 4.12. The predicted molar refractivity (Wildman–Crippen MR) is 223 cm³/mol. The minimum atomic E-state index is -3.41. The third-order valence-electron chi connectivity index (χ3n) is 10.5. The molecule has 0 radical (unpaired) electrons. The van der Waals surface area contributed by atoms with E-state index in [9.17, 15) is 19.2 Å². The van der Waals surface area contributed by atoms with Crippen molar-refractivity contribution < 1.29 is 64.7 Å². The molecule has 0 bridgehead atoms. The van der Waals surface area contributed by atoms with Gasteiger partial charge in [-0.2, -0.15) is 0 Å². The zero-order chi connectivity index (χ0) is 55.7. The van der Waals surface area contributed by atoms with Gasteiger partial charge in [-0.05, 0) is 86.8 Å². The lowest BCUT2D eigenvalue weighted by atomic mass is 10.0. The molecule has 4 fully saturated rings. The number of nitrogens with zero attached hydrogens (tertiary/aromatic N) is 5. The van der Waals surface area contributed by atoms with Crippen LogP contribution in [0.15, 0.2) is 45.4 Å². The molecule has 2 aliphatic carbocycles. The van der Waals surface area contributed by atoms with Crippen LogP contribution in [-0.2, 0) is 22.6 Å². The van der Waals surface area contributed by atoms with E-state index in [0.717, 1.165) is 37.3 Å². The Morgan fingerprint density at radius 1 is 0.750 bits per heavy atom. The molecule has 2 N–H and O–H groups in total. The van der Waals surface area contributed by atoms with Gasteiger partial charge in [-0.1, -0.05) is 33.5 Å². The van der Waals surface area contributed by atoms with Crippen LogP contribution in [0, 0.1) is 11.8 Å². The maximum absolute atomic E-state index is 13.2. The number of hydrogen-bond donors (Lipinski definition) is 2. The molecule has 4 aromatic rings. The molecular formula is C42H47Cl3N6O9. The maximum atomic E-state index is 13.2. The van der Waals surface area contributed by atoms with Gasteiger partial charge in [0.05, 0.1) is 63.9 Å². The minimum absolute atomic E-state index is 0. The van der Waals surface area contributed by atoms with Crippen molar-refractivity contribution in [2.24, 2.45) is 11.8 Å². The Balaban J connectivity index is 0.000000184. The molecule has 10 rings (SSSR count). The first-order valence-electron chi connectivity index (χ1n) is 26.3. The molecule has 2 aromatic heterocycles.